The van der Waals surface area contributed by atoms with Crippen molar-refractivity contribution in [3.8, 4) is 5.75 Å². The van der Waals surface area contributed by atoms with E-state index in [0.717, 1.165) is 0 Å². The van der Waals surface area contributed by atoms with Gasteiger partial charge in [0.1, 0.15) is 10.6 Å². The van der Waals surface area contributed by atoms with E-state index in [1.54, 1.807) is 19.2 Å². The molecule has 0 aliphatic rings. The molecule has 0 bridgehead atoms. The second-order valence-electron chi connectivity index (χ2n) is 5.66. The van der Waals surface area contributed by atoms with Gasteiger partial charge >= 0.3 is 10.1 Å². The zero-order chi connectivity index (χ0) is 19.9. The maximum Gasteiger partial charge on any atom is 0.339 e. The molecule has 0 unspecified atom stereocenters. The van der Waals surface area contributed by atoms with Gasteiger partial charge in [-0.15, -0.1) is 0 Å². The highest BCUT2D eigenvalue weighted by Gasteiger charge is 2.19. The number of anilines is 1. The van der Waals surface area contributed by atoms with Crippen LogP contribution in [0.25, 0.3) is 0 Å². The van der Waals surface area contributed by atoms with Crippen LogP contribution >= 0.6 is 11.6 Å². The number of ether oxygens (including phenoxy) is 1. The van der Waals surface area contributed by atoms with Crippen molar-refractivity contribution < 1.29 is 22.1 Å². The standard InChI is InChI=1S/C18H21ClN2O5S/c1-13(22)21-16-4-6-17(7-5-16)27(23,24)26-18-8-3-15(19)11-14(18)12-20-9-10-25-2/h3-8,11,20H,9-10,12H2,1-2H3,(H,21,22). The van der Waals surface area contributed by atoms with Gasteiger partial charge < -0.3 is 19.6 Å². The molecule has 0 saturated heterocycles. The topological polar surface area (TPSA) is 93.7 Å². The third kappa shape index (κ3) is 6.51. The van der Waals surface area contributed by atoms with Gasteiger partial charge in [0.05, 0.1) is 6.61 Å². The Morgan fingerprint density at radius 2 is 1.85 bits per heavy atom. The molecule has 0 saturated carbocycles. The Morgan fingerprint density at radius 3 is 2.48 bits per heavy atom. The van der Waals surface area contributed by atoms with Crippen LogP contribution in [-0.4, -0.2) is 34.6 Å². The molecule has 0 aliphatic heterocycles. The molecule has 0 heterocycles. The van der Waals surface area contributed by atoms with Crippen LogP contribution in [0.3, 0.4) is 0 Å². The van der Waals surface area contributed by atoms with Crippen molar-refractivity contribution >= 4 is 33.3 Å². The Kier molecular flexibility index (Phi) is 7.61. The van der Waals surface area contributed by atoms with Crippen molar-refractivity contribution in [3.63, 3.8) is 0 Å². The van der Waals surface area contributed by atoms with Gasteiger partial charge in [-0.25, -0.2) is 0 Å². The van der Waals surface area contributed by atoms with Gasteiger partial charge in [0.25, 0.3) is 0 Å². The lowest BCUT2D eigenvalue weighted by molar-refractivity contribution is -0.114. The van der Waals surface area contributed by atoms with E-state index in [-0.39, 0.29) is 16.6 Å². The van der Waals surface area contributed by atoms with Crippen molar-refractivity contribution in [1.82, 2.24) is 5.32 Å². The zero-order valence-electron chi connectivity index (χ0n) is 15.0. The van der Waals surface area contributed by atoms with E-state index in [1.807, 2.05) is 0 Å². The SMILES string of the molecule is COCCNCc1cc(Cl)ccc1OS(=O)(=O)c1ccc(NC(C)=O)cc1. The van der Waals surface area contributed by atoms with E-state index in [4.69, 9.17) is 20.5 Å². The number of methoxy groups -OCH3 is 1. The summed E-state index contributed by atoms with van der Waals surface area (Å²) in [6.45, 7) is 2.86. The van der Waals surface area contributed by atoms with E-state index in [1.165, 1.54) is 37.3 Å². The molecule has 146 valence electrons. The lowest BCUT2D eigenvalue weighted by Gasteiger charge is -2.13. The highest BCUT2D eigenvalue weighted by molar-refractivity contribution is 7.87. The minimum atomic E-state index is -4.04. The van der Waals surface area contributed by atoms with Crippen molar-refractivity contribution in [3.05, 3.63) is 53.1 Å². The molecule has 2 N–H and O–H groups in total. The molecule has 0 aliphatic carbocycles. The van der Waals surface area contributed by atoms with Gasteiger partial charge in [-0.2, -0.15) is 8.42 Å². The average molecular weight is 413 g/mol. The quantitative estimate of drug-likeness (QED) is 0.486. The molecule has 0 fully saturated rings. The fraction of sp³-hybridized carbons (Fsp3) is 0.278. The normalized spacial score (nSPS) is 11.2. The highest BCUT2D eigenvalue weighted by Crippen LogP contribution is 2.26. The molecule has 0 atom stereocenters. The Labute approximate surface area is 163 Å². The zero-order valence-corrected chi connectivity index (χ0v) is 16.6. The maximum atomic E-state index is 12.6. The van der Waals surface area contributed by atoms with Gasteiger partial charge in [0.15, 0.2) is 0 Å². The van der Waals surface area contributed by atoms with Crippen molar-refractivity contribution in [2.45, 2.75) is 18.4 Å². The Balaban J connectivity index is 2.17. The van der Waals surface area contributed by atoms with Crippen molar-refractivity contribution in [2.75, 3.05) is 25.6 Å². The first kappa shape index (κ1) is 21.2. The highest BCUT2D eigenvalue weighted by atomic mass is 35.5. The van der Waals surface area contributed by atoms with Gasteiger partial charge in [-0.1, -0.05) is 11.6 Å². The fourth-order valence-corrected chi connectivity index (χ4v) is 3.40. The van der Waals surface area contributed by atoms with Gasteiger partial charge in [-0.05, 0) is 42.5 Å². The van der Waals surface area contributed by atoms with Crippen LogP contribution in [0.5, 0.6) is 5.75 Å². The molecule has 27 heavy (non-hydrogen) atoms. The Morgan fingerprint density at radius 1 is 1.15 bits per heavy atom. The van der Waals surface area contributed by atoms with Crippen LogP contribution in [0, 0.1) is 0 Å². The van der Waals surface area contributed by atoms with E-state index in [0.29, 0.717) is 36.0 Å². The molecule has 0 radical (unpaired) electrons. The number of halogens is 1. The second-order valence-corrected chi connectivity index (χ2v) is 7.65. The number of benzene rings is 2. The predicted molar refractivity (Wildman–Crippen MR) is 104 cm³/mol. The number of nitrogens with one attached hydrogen (secondary N) is 2. The van der Waals surface area contributed by atoms with E-state index in [2.05, 4.69) is 10.6 Å². The van der Waals surface area contributed by atoms with Gasteiger partial charge in [0.2, 0.25) is 5.91 Å². The van der Waals surface area contributed by atoms with Crippen molar-refractivity contribution in [2.24, 2.45) is 0 Å². The Hall–Kier alpha value is -2.13. The van der Waals surface area contributed by atoms with Crippen molar-refractivity contribution in [1.29, 1.82) is 0 Å². The lowest BCUT2D eigenvalue weighted by Crippen LogP contribution is -2.19. The van der Waals surface area contributed by atoms with Gasteiger partial charge in [-0.3, -0.25) is 4.79 Å². The minimum Gasteiger partial charge on any atom is -0.383 e. The van der Waals surface area contributed by atoms with Crippen LogP contribution in [0.2, 0.25) is 5.02 Å². The molecule has 7 nitrogen and oxygen atoms in total. The number of hydrogen-bond donors (Lipinski definition) is 2. The first-order chi connectivity index (χ1) is 12.8. The summed E-state index contributed by atoms with van der Waals surface area (Å²) in [7, 11) is -2.44. The predicted octanol–water partition coefficient (Wildman–Crippen LogP) is 2.80. The summed E-state index contributed by atoms with van der Waals surface area (Å²) in [6, 6.07) is 10.4. The van der Waals surface area contributed by atoms with Crippen LogP contribution in [-0.2, 0) is 26.2 Å². The molecular weight excluding hydrogens is 392 g/mol. The summed E-state index contributed by atoms with van der Waals surface area (Å²) < 4.78 is 35.4. The summed E-state index contributed by atoms with van der Waals surface area (Å²) >= 11 is 6.01. The number of carbonyl (C=O) groups is 1. The maximum absolute atomic E-state index is 12.6. The first-order valence-electron chi connectivity index (χ1n) is 8.12. The minimum absolute atomic E-state index is 0.0233. The summed E-state index contributed by atoms with van der Waals surface area (Å²) in [6.07, 6.45) is 0. The largest absolute Gasteiger partial charge is 0.383 e. The third-order valence-electron chi connectivity index (χ3n) is 3.48. The molecular formula is C18H21ClN2O5S. The van der Waals surface area contributed by atoms with Crippen LogP contribution in [0.1, 0.15) is 12.5 Å². The first-order valence-corrected chi connectivity index (χ1v) is 9.90. The smallest absolute Gasteiger partial charge is 0.339 e. The lowest BCUT2D eigenvalue weighted by atomic mass is 10.2. The van der Waals surface area contributed by atoms with E-state index < -0.39 is 10.1 Å². The van der Waals surface area contributed by atoms with Gasteiger partial charge in [0, 0.05) is 43.4 Å². The molecule has 0 spiro atoms. The summed E-state index contributed by atoms with van der Waals surface area (Å²) in [4.78, 5) is 11.0. The van der Waals surface area contributed by atoms with E-state index >= 15 is 0 Å². The molecule has 2 aromatic rings. The Bertz CT molecular complexity index is 885. The molecule has 9 heteroatoms. The third-order valence-corrected chi connectivity index (χ3v) is 4.97. The van der Waals surface area contributed by atoms with E-state index in [9.17, 15) is 13.2 Å². The average Bonchev–Trinajstić information content (AvgIpc) is 2.61. The molecule has 2 rings (SSSR count). The number of amides is 1. The molecule has 0 aromatic heterocycles. The van der Waals surface area contributed by atoms with Crippen LogP contribution in [0.4, 0.5) is 5.69 Å². The molecule has 2 aromatic carbocycles. The summed E-state index contributed by atoms with van der Waals surface area (Å²) in [5.41, 5.74) is 1.10. The fourth-order valence-electron chi connectivity index (χ4n) is 2.24. The number of hydrogen-bond acceptors (Lipinski definition) is 6. The number of carbonyl (C=O) groups excluding carboxylic acids is 1. The summed E-state index contributed by atoms with van der Waals surface area (Å²) in [5, 5.41) is 6.17. The number of rotatable bonds is 9. The molecule has 1 amide bonds. The summed E-state index contributed by atoms with van der Waals surface area (Å²) in [5.74, 6) is -0.0520. The van der Waals surface area contributed by atoms with Crippen LogP contribution < -0.4 is 14.8 Å². The monoisotopic (exact) mass is 412 g/mol. The van der Waals surface area contributed by atoms with Crippen LogP contribution in [0.15, 0.2) is 47.4 Å². The second kappa shape index (κ2) is 9.70.